The molecule has 0 bridgehead atoms. The summed E-state index contributed by atoms with van der Waals surface area (Å²) in [5.41, 5.74) is 7.52. The zero-order valence-corrected chi connectivity index (χ0v) is 17.0. The fraction of sp³-hybridized carbons (Fsp3) is 0.154. The van der Waals surface area contributed by atoms with Crippen molar-refractivity contribution in [1.29, 1.82) is 0 Å². The molecule has 0 unspecified atom stereocenters. The molecule has 0 saturated heterocycles. The Kier molecular flexibility index (Phi) is 5.23. The standard InChI is InChI=1S/C26H22N2O3/c29-26(27-14-6-5-7-18-12-13-25-24(15-18)28-17-31-25)30-16-23-21-10-3-1-8-19(21)20-9-2-4-11-22(20)23/h1-5,7-13,15,17,23H,6,14,16H2,(H,27,29). The summed E-state index contributed by atoms with van der Waals surface area (Å²) in [5, 5.41) is 2.83. The van der Waals surface area contributed by atoms with Crippen molar-refractivity contribution in [3.05, 3.63) is 95.9 Å². The van der Waals surface area contributed by atoms with Crippen molar-refractivity contribution >= 4 is 23.3 Å². The Balaban J connectivity index is 1.12. The number of amides is 1. The van der Waals surface area contributed by atoms with E-state index in [1.165, 1.54) is 28.6 Å². The summed E-state index contributed by atoms with van der Waals surface area (Å²) < 4.78 is 10.8. The third-order valence-electron chi connectivity index (χ3n) is 5.59. The van der Waals surface area contributed by atoms with E-state index in [-0.39, 0.29) is 12.0 Å². The van der Waals surface area contributed by atoms with Gasteiger partial charge in [0.05, 0.1) is 0 Å². The minimum absolute atomic E-state index is 0.0736. The minimum Gasteiger partial charge on any atom is -0.449 e. The van der Waals surface area contributed by atoms with E-state index in [0.717, 1.165) is 16.7 Å². The van der Waals surface area contributed by atoms with Gasteiger partial charge in [0.2, 0.25) is 0 Å². The van der Waals surface area contributed by atoms with Crippen molar-refractivity contribution in [2.75, 3.05) is 13.2 Å². The first kappa shape index (κ1) is 19.1. The lowest BCUT2D eigenvalue weighted by Gasteiger charge is -2.14. The van der Waals surface area contributed by atoms with Crippen molar-refractivity contribution in [3.8, 4) is 11.1 Å². The Labute approximate surface area is 180 Å². The van der Waals surface area contributed by atoms with Crippen LogP contribution in [0, 0.1) is 0 Å². The summed E-state index contributed by atoms with van der Waals surface area (Å²) in [6.07, 6.45) is 5.79. The Bertz CT molecular complexity index is 1210. The number of nitrogens with one attached hydrogen (secondary N) is 1. The molecule has 0 spiro atoms. The maximum Gasteiger partial charge on any atom is 0.407 e. The maximum atomic E-state index is 12.2. The minimum atomic E-state index is -0.390. The van der Waals surface area contributed by atoms with Crippen LogP contribution in [-0.2, 0) is 4.74 Å². The molecule has 1 amide bonds. The topological polar surface area (TPSA) is 64.4 Å². The van der Waals surface area contributed by atoms with Crippen LogP contribution in [0.5, 0.6) is 0 Å². The van der Waals surface area contributed by atoms with Gasteiger partial charge in [0.1, 0.15) is 12.1 Å². The van der Waals surface area contributed by atoms with Crippen LogP contribution in [0.1, 0.15) is 29.0 Å². The average Bonchev–Trinajstić information content (AvgIpc) is 3.40. The number of alkyl carbamates (subject to hydrolysis) is 1. The number of carbonyl (C=O) groups is 1. The Morgan fingerprint density at radius 1 is 1.03 bits per heavy atom. The lowest BCUT2D eigenvalue weighted by Crippen LogP contribution is -2.26. The van der Waals surface area contributed by atoms with Crippen LogP contribution in [0.2, 0.25) is 0 Å². The highest BCUT2D eigenvalue weighted by atomic mass is 16.5. The fourth-order valence-corrected chi connectivity index (χ4v) is 4.10. The van der Waals surface area contributed by atoms with Crippen molar-refractivity contribution in [2.24, 2.45) is 0 Å². The number of benzene rings is 3. The predicted octanol–water partition coefficient (Wildman–Crippen LogP) is 5.77. The molecule has 0 aliphatic heterocycles. The number of ether oxygens (including phenoxy) is 1. The number of hydrogen-bond donors (Lipinski definition) is 1. The number of carbonyl (C=O) groups excluding carboxylic acids is 1. The third kappa shape index (κ3) is 3.94. The number of hydrogen-bond acceptors (Lipinski definition) is 4. The summed E-state index contributed by atoms with van der Waals surface area (Å²) in [7, 11) is 0. The number of aromatic nitrogens is 1. The number of oxazole rings is 1. The van der Waals surface area contributed by atoms with Crippen molar-refractivity contribution in [3.63, 3.8) is 0 Å². The van der Waals surface area contributed by atoms with E-state index in [2.05, 4.69) is 34.6 Å². The van der Waals surface area contributed by atoms with E-state index in [1.54, 1.807) is 0 Å². The van der Waals surface area contributed by atoms with Crippen molar-refractivity contribution in [2.45, 2.75) is 12.3 Å². The maximum absolute atomic E-state index is 12.2. The first-order valence-electron chi connectivity index (χ1n) is 10.4. The van der Waals surface area contributed by atoms with E-state index >= 15 is 0 Å². The molecule has 1 aliphatic carbocycles. The molecule has 4 aromatic rings. The number of rotatable bonds is 6. The molecule has 5 nitrogen and oxygen atoms in total. The first-order chi connectivity index (χ1) is 15.3. The molecule has 154 valence electrons. The van der Waals surface area contributed by atoms with Gasteiger partial charge in [-0.3, -0.25) is 0 Å². The van der Waals surface area contributed by atoms with Gasteiger partial charge in [0.15, 0.2) is 12.0 Å². The van der Waals surface area contributed by atoms with Crippen LogP contribution in [-0.4, -0.2) is 24.2 Å². The molecule has 1 aliphatic rings. The molecule has 5 heteroatoms. The van der Waals surface area contributed by atoms with Crippen LogP contribution in [0.15, 0.2) is 83.6 Å². The second-order valence-corrected chi connectivity index (χ2v) is 7.52. The Morgan fingerprint density at radius 3 is 2.55 bits per heavy atom. The van der Waals surface area contributed by atoms with E-state index in [1.807, 2.05) is 54.6 Å². The molecule has 3 aromatic carbocycles. The summed E-state index contributed by atoms with van der Waals surface area (Å²) in [6, 6.07) is 22.5. The van der Waals surface area contributed by atoms with Crippen LogP contribution in [0.25, 0.3) is 28.3 Å². The van der Waals surface area contributed by atoms with E-state index in [9.17, 15) is 4.79 Å². The Hall–Kier alpha value is -3.86. The molecule has 0 radical (unpaired) electrons. The quantitative estimate of drug-likeness (QED) is 0.410. The molecule has 1 heterocycles. The highest BCUT2D eigenvalue weighted by Gasteiger charge is 2.28. The molecule has 31 heavy (non-hydrogen) atoms. The molecule has 0 fully saturated rings. The number of fused-ring (bicyclic) bond motifs is 4. The average molecular weight is 410 g/mol. The SMILES string of the molecule is O=C(NCCC=Cc1ccc2ocnc2c1)OCC1c2ccccc2-c2ccccc21. The summed E-state index contributed by atoms with van der Waals surface area (Å²) in [6.45, 7) is 0.840. The summed E-state index contributed by atoms with van der Waals surface area (Å²) >= 11 is 0. The van der Waals surface area contributed by atoms with E-state index < -0.39 is 0 Å². The molecule has 1 aromatic heterocycles. The lowest BCUT2D eigenvalue weighted by molar-refractivity contribution is 0.143. The molecule has 1 N–H and O–H groups in total. The molecule has 0 atom stereocenters. The van der Waals surface area contributed by atoms with Gasteiger partial charge in [-0.05, 0) is 46.4 Å². The van der Waals surface area contributed by atoms with Crippen LogP contribution < -0.4 is 5.32 Å². The highest BCUT2D eigenvalue weighted by Crippen LogP contribution is 2.44. The zero-order chi connectivity index (χ0) is 21.0. The van der Waals surface area contributed by atoms with Crippen LogP contribution in [0.4, 0.5) is 4.79 Å². The largest absolute Gasteiger partial charge is 0.449 e. The van der Waals surface area contributed by atoms with Gasteiger partial charge in [-0.1, -0.05) is 66.7 Å². The van der Waals surface area contributed by atoms with Gasteiger partial charge < -0.3 is 14.5 Å². The van der Waals surface area contributed by atoms with Crippen LogP contribution >= 0.6 is 0 Å². The lowest BCUT2D eigenvalue weighted by atomic mass is 9.98. The second kappa shape index (κ2) is 8.48. The monoisotopic (exact) mass is 410 g/mol. The van der Waals surface area contributed by atoms with Gasteiger partial charge in [-0.25, -0.2) is 9.78 Å². The highest BCUT2D eigenvalue weighted by molar-refractivity contribution is 5.79. The van der Waals surface area contributed by atoms with Gasteiger partial charge in [0.25, 0.3) is 0 Å². The van der Waals surface area contributed by atoms with Gasteiger partial charge in [-0.2, -0.15) is 0 Å². The van der Waals surface area contributed by atoms with E-state index in [4.69, 9.17) is 9.15 Å². The normalized spacial score (nSPS) is 12.8. The van der Waals surface area contributed by atoms with Gasteiger partial charge in [0, 0.05) is 12.5 Å². The molecule has 0 saturated carbocycles. The molecule has 5 rings (SSSR count). The fourth-order valence-electron chi connectivity index (χ4n) is 4.10. The zero-order valence-electron chi connectivity index (χ0n) is 17.0. The summed E-state index contributed by atoms with van der Waals surface area (Å²) in [5.74, 6) is 0.0736. The molecular weight excluding hydrogens is 388 g/mol. The first-order valence-corrected chi connectivity index (χ1v) is 10.4. The van der Waals surface area contributed by atoms with E-state index in [0.29, 0.717) is 19.6 Å². The Morgan fingerprint density at radius 2 is 1.77 bits per heavy atom. The summed E-state index contributed by atoms with van der Waals surface area (Å²) in [4.78, 5) is 16.4. The smallest absolute Gasteiger partial charge is 0.407 e. The predicted molar refractivity (Wildman–Crippen MR) is 121 cm³/mol. The van der Waals surface area contributed by atoms with Gasteiger partial charge >= 0.3 is 6.09 Å². The third-order valence-corrected chi connectivity index (χ3v) is 5.59. The van der Waals surface area contributed by atoms with Crippen LogP contribution in [0.3, 0.4) is 0 Å². The number of nitrogens with zero attached hydrogens (tertiary/aromatic N) is 1. The van der Waals surface area contributed by atoms with Crippen molar-refractivity contribution < 1.29 is 13.9 Å². The second-order valence-electron chi connectivity index (χ2n) is 7.52. The molecular formula is C26H22N2O3. The van der Waals surface area contributed by atoms with Gasteiger partial charge in [-0.15, -0.1) is 0 Å². The van der Waals surface area contributed by atoms with Crippen molar-refractivity contribution in [1.82, 2.24) is 10.3 Å².